The Hall–Kier alpha value is -1.62. The minimum atomic E-state index is 0.0640. The highest BCUT2D eigenvalue weighted by Gasteiger charge is 2.17. The van der Waals surface area contributed by atoms with Crippen molar-refractivity contribution in [2.45, 2.75) is 6.92 Å². The lowest BCUT2D eigenvalue weighted by Crippen LogP contribution is -2.47. The van der Waals surface area contributed by atoms with Gasteiger partial charge >= 0.3 is 0 Å². The second kappa shape index (κ2) is 4.71. The fraction of sp³-hybridized carbons (Fsp3) is 0.333. The molecule has 0 aliphatic carbocycles. The lowest BCUT2D eigenvalue weighted by Gasteiger charge is -2.30. The molecule has 0 saturated carbocycles. The van der Waals surface area contributed by atoms with E-state index < -0.39 is 0 Å². The van der Waals surface area contributed by atoms with E-state index in [9.17, 15) is 4.79 Å². The molecule has 4 nitrogen and oxygen atoms in total. The van der Waals surface area contributed by atoms with Crippen molar-refractivity contribution < 1.29 is 4.79 Å². The van der Waals surface area contributed by atoms with Gasteiger partial charge in [0.2, 0.25) is 5.91 Å². The Morgan fingerprint density at radius 2 is 2.29 bits per heavy atom. The summed E-state index contributed by atoms with van der Waals surface area (Å²) in [6.07, 6.45) is 0. The zero-order chi connectivity index (χ0) is 12.4. The summed E-state index contributed by atoms with van der Waals surface area (Å²) in [7, 11) is 0. The zero-order valence-electron chi connectivity index (χ0n) is 9.69. The lowest BCUT2D eigenvalue weighted by molar-refractivity contribution is -0.120. The summed E-state index contributed by atoms with van der Waals surface area (Å²) >= 11 is 4.94. The van der Waals surface area contributed by atoms with E-state index >= 15 is 0 Å². The topological polar surface area (TPSA) is 58.4 Å². The Morgan fingerprint density at radius 1 is 1.53 bits per heavy atom. The van der Waals surface area contributed by atoms with Crippen molar-refractivity contribution in [1.29, 1.82) is 0 Å². The van der Waals surface area contributed by atoms with Gasteiger partial charge in [-0.15, -0.1) is 0 Å². The smallest absolute Gasteiger partial charge is 0.239 e. The molecule has 1 fully saturated rings. The molecular weight excluding hydrogens is 234 g/mol. The Labute approximate surface area is 106 Å². The van der Waals surface area contributed by atoms with Crippen LogP contribution in [0, 0.1) is 6.92 Å². The van der Waals surface area contributed by atoms with Gasteiger partial charge in [0.05, 0.1) is 6.54 Å². The van der Waals surface area contributed by atoms with Crippen LogP contribution in [0.1, 0.15) is 11.1 Å². The molecule has 1 heterocycles. The maximum absolute atomic E-state index is 11.3. The van der Waals surface area contributed by atoms with Crippen molar-refractivity contribution in [3.63, 3.8) is 0 Å². The van der Waals surface area contributed by atoms with E-state index in [4.69, 9.17) is 18.0 Å². The number of thiocarbonyl (C=S) groups is 1. The first-order valence-electron chi connectivity index (χ1n) is 5.50. The largest absolute Gasteiger partial charge is 0.389 e. The van der Waals surface area contributed by atoms with E-state index in [2.05, 4.69) is 10.2 Å². The molecule has 0 spiro atoms. The number of nitrogens with one attached hydrogen (secondary N) is 1. The van der Waals surface area contributed by atoms with E-state index in [1.165, 1.54) is 0 Å². The Morgan fingerprint density at radius 3 is 2.88 bits per heavy atom. The lowest BCUT2D eigenvalue weighted by atomic mass is 10.1. The average molecular weight is 249 g/mol. The van der Waals surface area contributed by atoms with Gasteiger partial charge < -0.3 is 16.0 Å². The molecule has 1 aliphatic rings. The third kappa shape index (κ3) is 2.55. The molecule has 5 heteroatoms. The summed E-state index contributed by atoms with van der Waals surface area (Å²) < 4.78 is 0. The van der Waals surface area contributed by atoms with Crippen LogP contribution in [0.4, 0.5) is 5.69 Å². The number of nitrogens with zero attached hydrogens (tertiary/aromatic N) is 1. The summed E-state index contributed by atoms with van der Waals surface area (Å²) in [5, 5.41) is 2.81. The van der Waals surface area contributed by atoms with Crippen LogP contribution in [-0.4, -0.2) is 30.5 Å². The molecule has 3 N–H and O–H groups in total. The monoisotopic (exact) mass is 249 g/mol. The fourth-order valence-corrected chi connectivity index (χ4v) is 2.13. The molecule has 1 aromatic rings. The zero-order valence-corrected chi connectivity index (χ0v) is 10.5. The van der Waals surface area contributed by atoms with Crippen LogP contribution >= 0.6 is 12.2 Å². The van der Waals surface area contributed by atoms with Gasteiger partial charge in [-0.2, -0.15) is 0 Å². The highest BCUT2D eigenvalue weighted by Crippen LogP contribution is 2.21. The highest BCUT2D eigenvalue weighted by atomic mass is 32.1. The number of carbonyl (C=O) groups is 1. The van der Waals surface area contributed by atoms with Crippen molar-refractivity contribution in [2.75, 3.05) is 24.5 Å². The number of aryl methyl sites for hydroxylation is 1. The molecule has 0 aromatic heterocycles. The van der Waals surface area contributed by atoms with Gasteiger partial charge in [0.25, 0.3) is 0 Å². The number of rotatable bonds is 2. The van der Waals surface area contributed by atoms with E-state index in [1.807, 2.05) is 25.1 Å². The highest BCUT2D eigenvalue weighted by molar-refractivity contribution is 7.80. The normalized spacial score (nSPS) is 15.6. The van der Waals surface area contributed by atoms with Crippen molar-refractivity contribution in [3.05, 3.63) is 29.3 Å². The van der Waals surface area contributed by atoms with E-state index in [0.29, 0.717) is 18.1 Å². The first-order chi connectivity index (χ1) is 8.08. The van der Waals surface area contributed by atoms with Gasteiger partial charge in [0.1, 0.15) is 4.99 Å². The summed E-state index contributed by atoms with van der Waals surface area (Å²) in [6, 6.07) is 5.84. The van der Waals surface area contributed by atoms with Crippen molar-refractivity contribution in [3.8, 4) is 0 Å². The molecule has 90 valence electrons. The molecule has 1 saturated heterocycles. The van der Waals surface area contributed by atoms with E-state index in [-0.39, 0.29) is 5.91 Å². The molecular formula is C12H15N3OS. The summed E-state index contributed by atoms with van der Waals surface area (Å²) in [6.45, 7) is 3.94. The molecule has 0 unspecified atom stereocenters. The average Bonchev–Trinajstić information content (AvgIpc) is 2.28. The van der Waals surface area contributed by atoms with E-state index in [1.54, 1.807) is 0 Å². The van der Waals surface area contributed by atoms with Crippen LogP contribution in [0.2, 0.25) is 0 Å². The predicted molar refractivity (Wildman–Crippen MR) is 72.3 cm³/mol. The number of benzene rings is 1. The fourth-order valence-electron chi connectivity index (χ4n) is 2.01. The maximum Gasteiger partial charge on any atom is 0.239 e. The number of carbonyl (C=O) groups excluding carboxylic acids is 1. The van der Waals surface area contributed by atoms with Crippen molar-refractivity contribution >= 4 is 28.8 Å². The molecule has 17 heavy (non-hydrogen) atoms. The van der Waals surface area contributed by atoms with Crippen LogP contribution in [0.3, 0.4) is 0 Å². The number of nitrogens with two attached hydrogens (primary N) is 1. The molecule has 0 bridgehead atoms. The maximum atomic E-state index is 11.3. The molecule has 1 aliphatic heterocycles. The number of hydrogen-bond donors (Lipinski definition) is 2. The second-order valence-electron chi connectivity index (χ2n) is 4.14. The molecule has 2 rings (SSSR count). The van der Waals surface area contributed by atoms with Gasteiger partial charge in [0, 0.05) is 24.3 Å². The van der Waals surface area contributed by atoms with Gasteiger partial charge in [-0.1, -0.05) is 12.2 Å². The SMILES string of the molecule is Cc1cc(C(N)=S)ccc1N1CCNC(=O)C1. The Bertz CT molecular complexity index is 473. The first-order valence-corrected chi connectivity index (χ1v) is 5.91. The number of anilines is 1. The molecule has 0 radical (unpaired) electrons. The van der Waals surface area contributed by atoms with Crippen LogP contribution in [0.25, 0.3) is 0 Å². The van der Waals surface area contributed by atoms with Gasteiger partial charge in [-0.05, 0) is 30.7 Å². The third-order valence-electron chi connectivity index (χ3n) is 2.86. The summed E-state index contributed by atoms with van der Waals surface area (Å²) in [4.78, 5) is 13.8. The van der Waals surface area contributed by atoms with E-state index in [0.717, 1.165) is 23.4 Å². The van der Waals surface area contributed by atoms with Gasteiger partial charge in [-0.25, -0.2) is 0 Å². The van der Waals surface area contributed by atoms with Crippen LogP contribution in [0.15, 0.2) is 18.2 Å². The number of piperazine rings is 1. The minimum absolute atomic E-state index is 0.0640. The Balaban J connectivity index is 2.26. The number of hydrogen-bond acceptors (Lipinski definition) is 3. The molecule has 1 aromatic carbocycles. The molecule has 1 amide bonds. The van der Waals surface area contributed by atoms with Gasteiger partial charge in [-0.3, -0.25) is 4.79 Å². The Kier molecular flexibility index (Phi) is 3.28. The summed E-state index contributed by atoms with van der Waals surface area (Å²) in [5.41, 5.74) is 8.61. The first kappa shape index (κ1) is 11.9. The van der Waals surface area contributed by atoms with Crippen LogP contribution < -0.4 is 16.0 Å². The standard InChI is InChI=1S/C12H15N3OS/c1-8-6-9(12(13)17)2-3-10(8)15-5-4-14-11(16)7-15/h2-3,6H,4-5,7H2,1H3,(H2,13,17)(H,14,16). The van der Waals surface area contributed by atoms with Crippen LogP contribution in [-0.2, 0) is 4.79 Å². The second-order valence-corrected chi connectivity index (χ2v) is 4.58. The van der Waals surface area contributed by atoms with Gasteiger partial charge in [0.15, 0.2) is 0 Å². The third-order valence-corrected chi connectivity index (χ3v) is 3.10. The minimum Gasteiger partial charge on any atom is -0.389 e. The van der Waals surface area contributed by atoms with Crippen molar-refractivity contribution in [2.24, 2.45) is 5.73 Å². The van der Waals surface area contributed by atoms with Crippen LogP contribution in [0.5, 0.6) is 0 Å². The quantitative estimate of drug-likeness (QED) is 0.752. The number of amides is 1. The summed E-state index contributed by atoms with van der Waals surface area (Å²) in [5.74, 6) is 0.0640. The molecule has 0 atom stereocenters. The van der Waals surface area contributed by atoms with Crippen molar-refractivity contribution in [1.82, 2.24) is 5.32 Å². The predicted octanol–water partition coefficient (Wildman–Crippen LogP) is 0.565.